The highest BCUT2D eigenvalue weighted by Gasteiger charge is 2.14. The fourth-order valence-corrected chi connectivity index (χ4v) is 0.954. The van der Waals surface area contributed by atoms with Crippen LogP contribution in [0.25, 0.3) is 0 Å². The van der Waals surface area contributed by atoms with Crippen molar-refractivity contribution in [3.8, 4) is 0 Å². The smallest absolute Gasteiger partial charge is 0.0110 e. The van der Waals surface area contributed by atoms with Gasteiger partial charge in [-0.15, -0.1) is 0 Å². The Bertz CT molecular complexity index is 103. The van der Waals surface area contributed by atoms with E-state index in [1.54, 1.807) is 0 Å². The van der Waals surface area contributed by atoms with Gasteiger partial charge in [0, 0.05) is 19.6 Å². The predicted molar refractivity (Wildman–Crippen MR) is 45.1 cm³/mol. The Morgan fingerprint density at radius 1 is 1.20 bits per heavy atom. The van der Waals surface area contributed by atoms with E-state index in [-0.39, 0.29) is 0 Å². The van der Waals surface area contributed by atoms with Gasteiger partial charge in [0.25, 0.3) is 0 Å². The van der Waals surface area contributed by atoms with Gasteiger partial charge in [0.05, 0.1) is 0 Å². The molecular formula is C9H17N. The van der Waals surface area contributed by atoms with Crippen molar-refractivity contribution in [3.63, 3.8) is 0 Å². The monoisotopic (exact) mass is 139 g/mol. The van der Waals surface area contributed by atoms with Crippen LogP contribution >= 0.6 is 0 Å². The van der Waals surface area contributed by atoms with E-state index in [9.17, 15) is 0 Å². The van der Waals surface area contributed by atoms with Crippen molar-refractivity contribution in [2.75, 3.05) is 19.6 Å². The van der Waals surface area contributed by atoms with Gasteiger partial charge in [-0.3, -0.25) is 0 Å². The summed E-state index contributed by atoms with van der Waals surface area (Å²) < 4.78 is 0. The molecule has 10 heavy (non-hydrogen) atoms. The fourth-order valence-electron chi connectivity index (χ4n) is 0.954. The Morgan fingerprint density at radius 3 is 2.50 bits per heavy atom. The van der Waals surface area contributed by atoms with Crippen LogP contribution in [0.2, 0.25) is 0 Å². The Kier molecular flexibility index (Phi) is 3.52. The highest BCUT2D eigenvalue weighted by atomic mass is 15.2. The highest BCUT2D eigenvalue weighted by molar-refractivity contribution is 4.84. The van der Waals surface area contributed by atoms with Crippen molar-refractivity contribution in [3.05, 3.63) is 12.2 Å². The molecule has 0 aromatic heterocycles. The third-order valence-electron chi connectivity index (χ3n) is 1.77. The second-order valence-corrected chi connectivity index (χ2v) is 2.89. The molecule has 0 aliphatic carbocycles. The van der Waals surface area contributed by atoms with Crippen LogP contribution in [0.1, 0.15) is 26.2 Å². The molecule has 1 rings (SSSR count). The summed E-state index contributed by atoms with van der Waals surface area (Å²) in [4.78, 5) is 2.45. The molecule has 0 aromatic carbocycles. The summed E-state index contributed by atoms with van der Waals surface area (Å²) >= 11 is 0. The van der Waals surface area contributed by atoms with Crippen LogP contribution in [0, 0.1) is 0 Å². The molecule has 0 spiro atoms. The minimum absolute atomic E-state index is 1.25. The van der Waals surface area contributed by atoms with Gasteiger partial charge >= 0.3 is 0 Å². The van der Waals surface area contributed by atoms with Gasteiger partial charge in [-0.25, -0.2) is 0 Å². The topological polar surface area (TPSA) is 3.01 Å². The molecule has 0 radical (unpaired) electrons. The average molecular weight is 139 g/mol. The number of nitrogens with zero attached hydrogens (tertiary/aromatic N) is 1. The standard InChI is InChI=1S/C9H17N/c1-2-3-4-5-6-7-10-8-9-10/h4-5H,2-3,6-9H2,1H3. The lowest BCUT2D eigenvalue weighted by Crippen LogP contribution is -1.95. The van der Waals surface area contributed by atoms with Crippen LogP contribution in [-0.4, -0.2) is 24.5 Å². The van der Waals surface area contributed by atoms with Crippen LogP contribution in [0.15, 0.2) is 12.2 Å². The van der Waals surface area contributed by atoms with Crippen molar-refractivity contribution in [2.24, 2.45) is 0 Å². The Hall–Kier alpha value is -0.300. The molecule has 1 saturated heterocycles. The first-order valence-corrected chi connectivity index (χ1v) is 4.31. The second-order valence-electron chi connectivity index (χ2n) is 2.89. The van der Waals surface area contributed by atoms with Gasteiger partial charge in [0.1, 0.15) is 0 Å². The molecule has 0 N–H and O–H groups in total. The van der Waals surface area contributed by atoms with Crippen LogP contribution in [0.4, 0.5) is 0 Å². The van der Waals surface area contributed by atoms with Gasteiger partial charge in [-0.1, -0.05) is 25.5 Å². The second kappa shape index (κ2) is 4.51. The number of unbranched alkanes of at least 4 members (excludes halogenated alkanes) is 1. The minimum atomic E-state index is 1.25. The van der Waals surface area contributed by atoms with Crippen molar-refractivity contribution >= 4 is 0 Å². The number of allylic oxidation sites excluding steroid dienone is 1. The first-order chi connectivity index (χ1) is 4.93. The molecular weight excluding hydrogens is 122 g/mol. The summed E-state index contributed by atoms with van der Waals surface area (Å²) in [5.41, 5.74) is 0. The van der Waals surface area contributed by atoms with Gasteiger partial charge in [-0.2, -0.15) is 0 Å². The van der Waals surface area contributed by atoms with Crippen LogP contribution in [-0.2, 0) is 0 Å². The first kappa shape index (κ1) is 7.80. The van der Waals surface area contributed by atoms with E-state index in [1.807, 2.05) is 0 Å². The zero-order chi connectivity index (χ0) is 7.23. The van der Waals surface area contributed by atoms with Crippen LogP contribution in [0.5, 0.6) is 0 Å². The van der Waals surface area contributed by atoms with Crippen molar-refractivity contribution in [2.45, 2.75) is 26.2 Å². The molecule has 0 amide bonds. The van der Waals surface area contributed by atoms with Gasteiger partial charge in [0.2, 0.25) is 0 Å². The van der Waals surface area contributed by atoms with Gasteiger partial charge in [0.15, 0.2) is 0 Å². The molecule has 0 saturated carbocycles. The Labute approximate surface area is 63.7 Å². The van der Waals surface area contributed by atoms with E-state index in [0.717, 1.165) is 0 Å². The lowest BCUT2D eigenvalue weighted by atomic mass is 10.3. The predicted octanol–water partition coefficient (Wildman–Crippen LogP) is 2.05. The molecule has 1 heterocycles. The maximum absolute atomic E-state index is 2.45. The zero-order valence-corrected chi connectivity index (χ0v) is 6.84. The van der Waals surface area contributed by atoms with Crippen molar-refractivity contribution in [1.82, 2.24) is 4.90 Å². The maximum Gasteiger partial charge on any atom is 0.0110 e. The van der Waals surface area contributed by atoms with Gasteiger partial charge < -0.3 is 4.90 Å². The Morgan fingerprint density at radius 2 is 1.90 bits per heavy atom. The van der Waals surface area contributed by atoms with E-state index in [4.69, 9.17) is 0 Å². The summed E-state index contributed by atoms with van der Waals surface area (Å²) in [6.07, 6.45) is 8.38. The average Bonchev–Trinajstić information content (AvgIpc) is 2.71. The summed E-state index contributed by atoms with van der Waals surface area (Å²) in [7, 11) is 0. The van der Waals surface area contributed by atoms with Crippen molar-refractivity contribution < 1.29 is 0 Å². The maximum atomic E-state index is 2.45. The summed E-state index contributed by atoms with van der Waals surface area (Å²) in [6.45, 7) is 6.16. The number of hydrogen-bond acceptors (Lipinski definition) is 1. The normalized spacial score (nSPS) is 18.5. The van der Waals surface area contributed by atoms with E-state index in [2.05, 4.69) is 24.0 Å². The molecule has 1 heteroatoms. The number of rotatable bonds is 5. The third-order valence-corrected chi connectivity index (χ3v) is 1.77. The fraction of sp³-hybridized carbons (Fsp3) is 0.778. The zero-order valence-electron chi connectivity index (χ0n) is 6.84. The van der Waals surface area contributed by atoms with Crippen LogP contribution < -0.4 is 0 Å². The Balaban J connectivity index is 1.83. The van der Waals surface area contributed by atoms with Gasteiger partial charge in [-0.05, 0) is 12.8 Å². The molecule has 1 fully saturated rings. The molecule has 0 atom stereocenters. The molecule has 1 aliphatic rings. The summed E-state index contributed by atoms with van der Waals surface area (Å²) in [5, 5.41) is 0. The lowest BCUT2D eigenvalue weighted by Gasteiger charge is -1.93. The molecule has 58 valence electrons. The van der Waals surface area contributed by atoms with E-state index in [1.165, 1.54) is 38.9 Å². The SMILES string of the molecule is CCCC=CCCN1CC1. The lowest BCUT2D eigenvalue weighted by molar-refractivity contribution is 0.567. The largest absolute Gasteiger partial charge is 0.300 e. The van der Waals surface area contributed by atoms with E-state index in [0.29, 0.717) is 0 Å². The van der Waals surface area contributed by atoms with Crippen molar-refractivity contribution in [1.29, 1.82) is 0 Å². The number of hydrogen-bond donors (Lipinski definition) is 0. The molecule has 1 aliphatic heterocycles. The summed E-state index contributed by atoms with van der Waals surface area (Å²) in [6, 6.07) is 0. The minimum Gasteiger partial charge on any atom is -0.300 e. The first-order valence-electron chi connectivity index (χ1n) is 4.31. The molecule has 0 unspecified atom stereocenters. The quantitative estimate of drug-likeness (QED) is 0.416. The van der Waals surface area contributed by atoms with E-state index < -0.39 is 0 Å². The molecule has 0 aromatic rings. The highest BCUT2D eigenvalue weighted by Crippen LogP contribution is 2.04. The third kappa shape index (κ3) is 3.67. The summed E-state index contributed by atoms with van der Waals surface area (Å²) in [5.74, 6) is 0. The van der Waals surface area contributed by atoms with Crippen LogP contribution in [0.3, 0.4) is 0 Å². The molecule has 1 nitrogen and oxygen atoms in total. The molecule has 0 bridgehead atoms. The van der Waals surface area contributed by atoms with E-state index >= 15 is 0 Å².